The molecule has 2 N–H and O–H groups in total. The van der Waals surface area contributed by atoms with E-state index in [-0.39, 0.29) is 11.9 Å². The molecule has 1 aromatic carbocycles. The lowest BCUT2D eigenvalue weighted by Gasteiger charge is -2.28. The van der Waals surface area contributed by atoms with Crippen molar-refractivity contribution in [3.05, 3.63) is 35.2 Å². The summed E-state index contributed by atoms with van der Waals surface area (Å²) in [5.41, 5.74) is 0.970. The van der Waals surface area contributed by atoms with Crippen molar-refractivity contribution in [1.82, 2.24) is 4.98 Å². The van der Waals surface area contributed by atoms with E-state index in [0.717, 1.165) is 25.2 Å². The second kappa shape index (κ2) is 7.33. The number of rotatable bonds is 4. The van der Waals surface area contributed by atoms with Gasteiger partial charge in [0.05, 0.1) is 18.9 Å². The highest BCUT2D eigenvalue weighted by atomic mass is 32.1. The van der Waals surface area contributed by atoms with Crippen molar-refractivity contribution in [2.45, 2.75) is 13.0 Å². The molecule has 0 spiro atoms. The van der Waals surface area contributed by atoms with Gasteiger partial charge in [0.1, 0.15) is 13.1 Å². The predicted octanol–water partition coefficient (Wildman–Crippen LogP) is 1.33. The van der Waals surface area contributed by atoms with Gasteiger partial charge in [0.2, 0.25) is 0 Å². The Morgan fingerprint density at radius 3 is 2.79 bits per heavy atom. The minimum Gasteiger partial charge on any atom is -0.370 e. The summed E-state index contributed by atoms with van der Waals surface area (Å²) in [5, 5.41) is 4.94. The van der Waals surface area contributed by atoms with Gasteiger partial charge in [0, 0.05) is 10.9 Å². The Morgan fingerprint density at radius 1 is 1.33 bits per heavy atom. The molecule has 24 heavy (non-hydrogen) atoms. The van der Waals surface area contributed by atoms with Gasteiger partial charge in [-0.2, -0.15) is 0 Å². The fourth-order valence-corrected chi connectivity index (χ4v) is 3.31. The van der Waals surface area contributed by atoms with Gasteiger partial charge in [0.25, 0.3) is 5.91 Å². The number of hydrogen-bond donors (Lipinski definition) is 2. The molecule has 5 nitrogen and oxygen atoms in total. The molecule has 2 heterocycles. The maximum absolute atomic E-state index is 13.3. The van der Waals surface area contributed by atoms with Gasteiger partial charge in [0.15, 0.2) is 22.8 Å². The van der Waals surface area contributed by atoms with E-state index in [4.69, 9.17) is 4.74 Å². The smallest absolute Gasteiger partial charge is 0.284 e. The molecule has 1 aliphatic heterocycles. The van der Waals surface area contributed by atoms with E-state index in [9.17, 15) is 13.6 Å². The number of carbonyl (C=O) groups is 1. The molecule has 1 fully saturated rings. The fourth-order valence-electron chi connectivity index (χ4n) is 2.58. The van der Waals surface area contributed by atoms with Gasteiger partial charge < -0.3 is 9.64 Å². The maximum atomic E-state index is 13.3. The Labute approximate surface area is 142 Å². The van der Waals surface area contributed by atoms with Gasteiger partial charge in [-0.1, -0.05) is 0 Å². The maximum Gasteiger partial charge on any atom is 0.284 e. The SMILES string of the molecule is C[C@H](C(=O)Nc1nc(-c2ccc(F)c(F)c2)cs1)[NH+]1CCOCC1. The van der Waals surface area contributed by atoms with Gasteiger partial charge in [-0.15, -0.1) is 11.3 Å². The summed E-state index contributed by atoms with van der Waals surface area (Å²) in [6.45, 7) is 4.79. The van der Waals surface area contributed by atoms with E-state index in [2.05, 4.69) is 10.3 Å². The summed E-state index contributed by atoms with van der Waals surface area (Å²) in [6, 6.07) is 3.41. The number of benzene rings is 1. The number of hydrogen-bond acceptors (Lipinski definition) is 4. The first-order valence-electron chi connectivity index (χ1n) is 7.68. The molecular weight excluding hydrogens is 336 g/mol. The number of thiazole rings is 1. The van der Waals surface area contributed by atoms with Crippen LogP contribution in [0.25, 0.3) is 11.3 Å². The topological polar surface area (TPSA) is 55.7 Å². The number of morpholine rings is 1. The molecule has 1 saturated heterocycles. The Balaban J connectivity index is 1.66. The number of amides is 1. The van der Waals surface area contributed by atoms with E-state index in [1.165, 1.54) is 22.3 Å². The molecule has 1 aliphatic rings. The first-order valence-corrected chi connectivity index (χ1v) is 8.56. The number of nitrogens with zero attached hydrogens (tertiary/aromatic N) is 1. The van der Waals surface area contributed by atoms with Crippen LogP contribution < -0.4 is 10.2 Å². The number of anilines is 1. The predicted molar refractivity (Wildman–Crippen MR) is 87.1 cm³/mol. The normalized spacial score (nSPS) is 16.8. The second-order valence-corrected chi connectivity index (χ2v) is 6.51. The average molecular weight is 354 g/mol. The summed E-state index contributed by atoms with van der Waals surface area (Å²) >= 11 is 1.25. The van der Waals surface area contributed by atoms with E-state index in [1.807, 2.05) is 6.92 Å². The third-order valence-electron chi connectivity index (χ3n) is 4.09. The largest absolute Gasteiger partial charge is 0.370 e. The molecule has 3 rings (SSSR count). The van der Waals surface area contributed by atoms with Crippen molar-refractivity contribution in [3.63, 3.8) is 0 Å². The molecular formula is C16H18F2N3O2S+. The molecule has 0 aliphatic carbocycles. The molecule has 1 aromatic heterocycles. The zero-order valence-electron chi connectivity index (χ0n) is 13.1. The van der Waals surface area contributed by atoms with Crippen LogP contribution in [0.3, 0.4) is 0 Å². The van der Waals surface area contributed by atoms with Crippen LogP contribution in [0.1, 0.15) is 6.92 Å². The fraction of sp³-hybridized carbons (Fsp3) is 0.375. The Morgan fingerprint density at radius 2 is 2.08 bits per heavy atom. The quantitative estimate of drug-likeness (QED) is 0.871. The Bertz CT molecular complexity index is 732. The van der Waals surface area contributed by atoms with Crippen LogP contribution in [-0.2, 0) is 9.53 Å². The molecule has 0 saturated carbocycles. The standard InChI is InChI=1S/C16H17F2N3O2S/c1-10(21-4-6-23-7-5-21)15(22)20-16-19-14(9-24-16)11-2-3-12(17)13(18)8-11/h2-3,8-10H,4-7H2,1H3,(H,19,20,22)/p+1/t10-/m1/s1. The van der Waals surface area contributed by atoms with Crippen LogP contribution in [0.4, 0.5) is 13.9 Å². The highest BCUT2D eigenvalue weighted by Crippen LogP contribution is 2.26. The van der Waals surface area contributed by atoms with Gasteiger partial charge >= 0.3 is 0 Å². The van der Waals surface area contributed by atoms with Crippen molar-refractivity contribution in [1.29, 1.82) is 0 Å². The van der Waals surface area contributed by atoms with Crippen molar-refractivity contribution in [2.75, 3.05) is 31.6 Å². The van der Waals surface area contributed by atoms with E-state index >= 15 is 0 Å². The molecule has 1 atom stereocenters. The lowest BCUT2D eigenvalue weighted by molar-refractivity contribution is -0.921. The molecule has 8 heteroatoms. The molecule has 0 bridgehead atoms. The zero-order valence-corrected chi connectivity index (χ0v) is 14.0. The number of halogens is 2. The molecule has 128 valence electrons. The summed E-state index contributed by atoms with van der Waals surface area (Å²) in [6.07, 6.45) is 0. The van der Waals surface area contributed by atoms with Crippen molar-refractivity contribution >= 4 is 22.4 Å². The lowest BCUT2D eigenvalue weighted by Crippen LogP contribution is -3.18. The molecule has 0 radical (unpaired) electrons. The highest BCUT2D eigenvalue weighted by Gasteiger charge is 2.27. The average Bonchev–Trinajstić information content (AvgIpc) is 3.06. The van der Waals surface area contributed by atoms with Crippen LogP contribution in [-0.4, -0.2) is 43.2 Å². The van der Waals surface area contributed by atoms with Gasteiger partial charge in [-0.05, 0) is 25.1 Å². The van der Waals surface area contributed by atoms with Crippen molar-refractivity contribution in [3.8, 4) is 11.3 Å². The van der Waals surface area contributed by atoms with Gasteiger partial charge in [-0.3, -0.25) is 10.1 Å². The van der Waals surface area contributed by atoms with Crippen LogP contribution in [0.2, 0.25) is 0 Å². The summed E-state index contributed by atoms with van der Waals surface area (Å²) < 4.78 is 31.6. The van der Waals surface area contributed by atoms with Crippen molar-refractivity contribution < 1.29 is 23.2 Å². The zero-order chi connectivity index (χ0) is 17.1. The van der Waals surface area contributed by atoms with E-state index in [1.54, 1.807) is 5.38 Å². The number of carbonyl (C=O) groups excluding carboxylic acids is 1. The second-order valence-electron chi connectivity index (χ2n) is 5.65. The van der Waals surface area contributed by atoms with E-state index in [0.29, 0.717) is 29.6 Å². The third-order valence-corrected chi connectivity index (χ3v) is 4.85. The highest BCUT2D eigenvalue weighted by molar-refractivity contribution is 7.14. The summed E-state index contributed by atoms with van der Waals surface area (Å²) in [5.74, 6) is -1.93. The third kappa shape index (κ3) is 3.77. The molecule has 1 amide bonds. The Hall–Kier alpha value is -1.90. The Kier molecular flexibility index (Phi) is 5.17. The minimum atomic E-state index is -0.921. The number of aromatic nitrogens is 1. The van der Waals surface area contributed by atoms with Crippen LogP contribution >= 0.6 is 11.3 Å². The first-order chi connectivity index (χ1) is 11.5. The summed E-state index contributed by atoms with van der Waals surface area (Å²) in [7, 11) is 0. The minimum absolute atomic E-state index is 0.113. The number of quaternary nitrogens is 1. The molecule has 0 unspecified atom stereocenters. The van der Waals surface area contributed by atoms with Crippen LogP contribution in [0.5, 0.6) is 0 Å². The monoisotopic (exact) mass is 354 g/mol. The molecule has 2 aromatic rings. The first kappa shape index (κ1) is 16.9. The number of nitrogens with one attached hydrogen (secondary N) is 2. The van der Waals surface area contributed by atoms with Crippen LogP contribution in [0, 0.1) is 11.6 Å². The number of ether oxygens (including phenoxy) is 1. The van der Waals surface area contributed by atoms with Crippen molar-refractivity contribution in [2.24, 2.45) is 0 Å². The summed E-state index contributed by atoms with van der Waals surface area (Å²) in [4.78, 5) is 17.8. The van der Waals surface area contributed by atoms with Gasteiger partial charge in [-0.25, -0.2) is 13.8 Å². The van der Waals surface area contributed by atoms with E-state index < -0.39 is 11.6 Å². The lowest BCUT2D eigenvalue weighted by atomic mass is 10.2. The van der Waals surface area contributed by atoms with Crippen LogP contribution in [0.15, 0.2) is 23.6 Å².